The van der Waals surface area contributed by atoms with E-state index in [0.29, 0.717) is 0 Å². The number of nitrogens with two attached hydrogens (primary N) is 3. The second-order valence-electron chi connectivity index (χ2n) is 3.16. The van der Waals surface area contributed by atoms with E-state index in [4.69, 9.17) is 17.2 Å². The van der Waals surface area contributed by atoms with Crippen molar-refractivity contribution in [3.05, 3.63) is 23.8 Å². The zero-order chi connectivity index (χ0) is 11.6. The van der Waals surface area contributed by atoms with Gasteiger partial charge in [0.25, 0.3) is 0 Å². The van der Waals surface area contributed by atoms with Crippen molar-refractivity contribution < 1.29 is 14.4 Å². The van der Waals surface area contributed by atoms with Crippen molar-refractivity contribution in [2.24, 2.45) is 22.6 Å². The van der Waals surface area contributed by atoms with Crippen LogP contribution in [0.2, 0.25) is 0 Å². The Morgan fingerprint density at radius 3 is 2.13 bits per heavy atom. The zero-order valence-electron chi connectivity index (χ0n) is 7.82. The molecule has 3 amide bonds. The zero-order valence-corrected chi connectivity index (χ0v) is 7.82. The maximum atomic E-state index is 11.1. The molecule has 15 heavy (non-hydrogen) atoms. The Hall–Kier alpha value is -2.11. The van der Waals surface area contributed by atoms with Crippen LogP contribution in [-0.2, 0) is 14.4 Å². The Bertz CT molecular complexity index is 381. The summed E-state index contributed by atoms with van der Waals surface area (Å²) in [6.07, 6.45) is 4.96. The Balaban J connectivity index is 3.26. The van der Waals surface area contributed by atoms with Gasteiger partial charge in [0.05, 0.1) is 0 Å². The molecule has 0 aromatic carbocycles. The van der Waals surface area contributed by atoms with Gasteiger partial charge in [-0.05, 0) is 12.2 Å². The van der Waals surface area contributed by atoms with Gasteiger partial charge in [0, 0.05) is 12.0 Å². The van der Waals surface area contributed by atoms with Gasteiger partial charge in [0.2, 0.25) is 17.7 Å². The van der Waals surface area contributed by atoms with Crippen LogP contribution in [0.3, 0.4) is 0 Å². The molecule has 0 saturated carbocycles. The number of hydrogen-bond donors (Lipinski definition) is 3. The molecule has 79 valence electrons. The average molecular weight is 208 g/mol. The molecule has 1 rings (SSSR count). The minimum Gasteiger partial charge on any atom is -0.368 e. The van der Waals surface area contributed by atoms with Crippen molar-refractivity contribution in [3.8, 4) is 0 Å². The van der Waals surface area contributed by atoms with Crippen molar-refractivity contribution in [3.63, 3.8) is 0 Å². The van der Waals surface area contributed by atoms with Gasteiger partial charge < -0.3 is 17.2 Å². The van der Waals surface area contributed by atoms with Crippen LogP contribution < -0.4 is 17.2 Å². The highest BCUT2D eigenvalue weighted by Gasteiger charge is 2.40. The second kappa shape index (κ2) is 3.56. The predicted octanol–water partition coefficient (Wildman–Crippen LogP) is -1.88. The Kier molecular flexibility index (Phi) is 2.61. The molecular formula is C9H10N3O3. The molecule has 0 heterocycles. The van der Waals surface area contributed by atoms with Gasteiger partial charge >= 0.3 is 0 Å². The molecule has 6 nitrogen and oxygen atoms in total. The molecule has 0 aliphatic heterocycles. The molecule has 6 heteroatoms. The van der Waals surface area contributed by atoms with E-state index in [-0.39, 0.29) is 12.0 Å². The SMILES string of the molecule is NC(=O)C1=CC(C(N)=O)(C(N)=O)C=[C]C1. The average Bonchev–Trinajstić information content (AvgIpc) is 2.17. The molecule has 0 aromatic rings. The smallest absolute Gasteiger partial charge is 0.244 e. The number of amides is 3. The number of rotatable bonds is 3. The van der Waals surface area contributed by atoms with E-state index in [2.05, 4.69) is 6.08 Å². The fourth-order valence-electron chi connectivity index (χ4n) is 1.25. The third kappa shape index (κ3) is 1.74. The number of allylic oxidation sites excluding steroid dienone is 1. The Morgan fingerprint density at radius 1 is 1.20 bits per heavy atom. The van der Waals surface area contributed by atoms with Gasteiger partial charge in [-0.2, -0.15) is 0 Å². The van der Waals surface area contributed by atoms with Crippen LogP contribution in [0, 0.1) is 11.5 Å². The fraction of sp³-hybridized carbons (Fsp3) is 0.222. The van der Waals surface area contributed by atoms with E-state index in [1.54, 1.807) is 0 Å². The summed E-state index contributed by atoms with van der Waals surface area (Å²) < 4.78 is 0. The minimum absolute atomic E-state index is 0.0927. The van der Waals surface area contributed by atoms with Crippen LogP contribution in [0.5, 0.6) is 0 Å². The van der Waals surface area contributed by atoms with Gasteiger partial charge in [0.1, 0.15) is 0 Å². The van der Waals surface area contributed by atoms with Gasteiger partial charge in [-0.15, -0.1) is 0 Å². The Morgan fingerprint density at radius 2 is 1.73 bits per heavy atom. The van der Waals surface area contributed by atoms with Crippen molar-refractivity contribution in [1.82, 2.24) is 0 Å². The Labute approximate surface area is 85.8 Å². The quantitative estimate of drug-likeness (QED) is 0.469. The molecule has 6 N–H and O–H groups in total. The van der Waals surface area contributed by atoms with E-state index in [1.165, 1.54) is 0 Å². The summed E-state index contributed by atoms with van der Waals surface area (Å²) in [6, 6.07) is 0. The summed E-state index contributed by atoms with van der Waals surface area (Å²) in [5.74, 6) is -2.65. The third-order valence-corrected chi connectivity index (χ3v) is 2.16. The van der Waals surface area contributed by atoms with Crippen LogP contribution >= 0.6 is 0 Å². The number of primary amides is 3. The maximum absolute atomic E-state index is 11.1. The molecule has 1 radical (unpaired) electrons. The summed E-state index contributed by atoms with van der Waals surface area (Å²) >= 11 is 0. The van der Waals surface area contributed by atoms with Gasteiger partial charge in [-0.3, -0.25) is 14.4 Å². The van der Waals surface area contributed by atoms with Gasteiger partial charge in [0.15, 0.2) is 5.41 Å². The van der Waals surface area contributed by atoms with Gasteiger partial charge in [-0.1, -0.05) is 6.08 Å². The monoisotopic (exact) mass is 208 g/mol. The van der Waals surface area contributed by atoms with Crippen molar-refractivity contribution in [2.75, 3.05) is 0 Å². The predicted molar refractivity (Wildman–Crippen MR) is 50.5 cm³/mol. The molecule has 1 aliphatic carbocycles. The van der Waals surface area contributed by atoms with Gasteiger partial charge in [-0.25, -0.2) is 0 Å². The van der Waals surface area contributed by atoms with Crippen molar-refractivity contribution >= 4 is 17.7 Å². The lowest BCUT2D eigenvalue weighted by Crippen LogP contribution is -2.46. The molecule has 0 unspecified atom stereocenters. The largest absolute Gasteiger partial charge is 0.368 e. The normalized spacial score (nSPS) is 18.0. The maximum Gasteiger partial charge on any atom is 0.244 e. The van der Waals surface area contributed by atoms with Crippen LogP contribution in [0.25, 0.3) is 0 Å². The second-order valence-corrected chi connectivity index (χ2v) is 3.16. The first-order chi connectivity index (χ1) is 6.90. The van der Waals surface area contributed by atoms with Crippen LogP contribution in [0.1, 0.15) is 6.42 Å². The lowest BCUT2D eigenvalue weighted by molar-refractivity contribution is -0.133. The number of carbonyl (C=O) groups excluding carboxylic acids is 3. The molecular weight excluding hydrogens is 198 g/mol. The molecule has 0 bridgehead atoms. The van der Waals surface area contributed by atoms with E-state index in [0.717, 1.165) is 12.2 Å². The summed E-state index contributed by atoms with van der Waals surface area (Å²) in [5, 5.41) is 0. The van der Waals surface area contributed by atoms with E-state index >= 15 is 0 Å². The van der Waals surface area contributed by atoms with Crippen molar-refractivity contribution in [1.29, 1.82) is 0 Å². The first-order valence-electron chi connectivity index (χ1n) is 4.09. The molecule has 0 aromatic heterocycles. The van der Waals surface area contributed by atoms with E-state index < -0.39 is 23.1 Å². The third-order valence-electron chi connectivity index (χ3n) is 2.16. The molecule has 0 atom stereocenters. The summed E-state index contributed by atoms with van der Waals surface area (Å²) in [7, 11) is 0. The molecule has 0 saturated heterocycles. The molecule has 0 spiro atoms. The first-order valence-corrected chi connectivity index (χ1v) is 4.09. The first kappa shape index (κ1) is 11.0. The van der Waals surface area contributed by atoms with E-state index in [9.17, 15) is 14.4 Å². The lowest BCUT2D eigenvalue weighted by Gasteiger charge is -2.23. The highest BCUT2D eigenvalue weighted by Crippen LogP contribution is 2.27. The highest BCUT2D eigenvalue weighted by atomic mass is 16.2. The van der Waals surface area contributed by atoms with Crippen LogP contribution in [-0.4, -0.2) is 17.7 Å². The lowest BCUT2D eigenvalue weighted by atomic mass is 9.80. The highest BCUT2D eigenvalue weighted by molar-refractivity contribution is 6.09. The fourth-order valence-corrected chi connectivity index (χ4v) is 1.25. The summed E-state index contributed by atoms with van der Waals surface area (Å²) in [5.41, 5.74) is 13.4. The topological polar surface area (TPSA) is 129 Å². The van der Waals surface area contributed by atoms with Crippen LogP contribution in [0.15, 0.2) is 17.7 Å². The molecule has 0 fully saturated rings. The summed E-state index contributed by atoms with van der Waals surface area (Å²) in [4.78, 5) is 33.2. The van der Waals surface area contributed by atoms with E-state index in [1.807, 2.05) is 0 Å². The van der Waals surface area contributed by atoms with Crippen molar-refractivity contribution in [2.45, 2.75) is 6.42 Å². The number of hydrogen-bond acceptors (Lipinski definition) is 3. The standard InChI is InChI=1S/C9H10N3O3/c10-6(13)5-2-1-3-9(4-5,7(11)14)8(12)15/h3-4H,2H2,(H2,10,13)(H2,11,14)(H2,12,15). The summed E-state index contributed by atoms with van der Waals surface area (Å²) in [6.45, 7) is 0. The minimum atomic E-state index is -1.79. The van der Waals surface area contributed by atoms with Crippen LogP contribution in [0.4, 0.5) is 0 Å². The molecule has 1 aliphatic rings. The number of carbonyl (C=O) groups is 3.